The summed E-state index contributed by atoms with van der Waals surface area (Å²) in [7, 11) is 0. The fraction of sp³-hybridized carbons (Fsp3) is 0.575. The van der Waals surface area contributed by atoms with E-state index in [9.17, 15) is 14.0 Å². The minimum absolute atomic E-state index is 0.0484. The molecular formula is C40H45F6N7O6S. The number of alkyl halides is 4. The van der Waals surface area contributed by atoms with Crippen molar-refractivity contribution in [2.24, 2.45) is 0 Å². The third kappa shape index (κ3) is 8.09. The Kier molecular flexibility index (Phi) is 10.5. The maximum Gasteiger partial charge on any atom is 0.417 e. The number of piperazine rings is 1. The highest BCUT2D eigenvalue weighted by Crippen LogP contribution is 2.47. The van der Waals surface area contributed by atoms with Gasteiger partial charge in [-0.05, 0) is 79.1 Å². The zero-order valence-electron chi connectivity index (χ0n) is 33.8. The van der Waals surface area contributed by atoms with Gasteiger partial charge in [0.1, 0.15) is 41.1 Å². The molecule has 0 aliphatic carbocycles. The highest BCUT2D eigenvalue weighted by molar-refractivity contribution is 7.22. The van der Waals surface area contributed by atoms with Crippen LogP contribution in [0.2, 0.25) is 0 Å². The van der Waals surface area contributed by atoms with Crippen molar-refractivity contribution >= 4 is 55.6 Å². The lowest BCUT2D eigenvalue weighted by Gasteiger charge is -2.50. The van der Waals surface area contributed by atoms with Crippen LogP contribution in [-0.4, -0.2) is 118 Å². The number of benzene rings is 2. The predicted octanol–water partition coefficient (Wildman–Crippen LogP) is 8.33. The lowest BCUT2D eigenvalue weighted by molar-refractivity contribution is -0.137. The number of thiazole rings is 1. The first-order valence-corrected chi connectivity index (χ1v) is 20.5. The topological polar surface area (TPSA) is 131 Å². The molecule has 8 rings (SSSR count). The number of ether oxygens (including phenoxy) is 4. The Bertz CT molecular complexity index is 2340. The summed E-state index contributed by atoms with van der Waals surface area (Å²) in [6, 6.07) is 0.998. The molecule has 20 heteroatoms. The molecule has 4 saturated heterocycles. The first-order valence-electron chi connectivity index (χ1n) is 19.7. The van der Waals surface area contributed by atoms with E-state index in [1.54, 1.807) is 46.4 Å². The van der Waals surface area contributed by atoms with Gasteiger partial charge < -0.3 is 28.7 Å². The average Bonchev–Trinajstić information content (AvgIpc) is 3.81. The van der Waals surface area contributed by atoms with Crippen molar-refractivity contribution in [3.8, 4) is 17.1 Å². The molecule has 4 atom stereocenters. The monoisotopic (exact) mass is 865 g/mol. The van der Waals surface area contributed by atoms with E-state index in [4.69, 9.17) is 18.9 Å². The number of fused-ring (bicyclic) bond motifs is 5. The number of nitrogens with zero attached hydrogens (tertiary/aromatic N) is 6. The molecule has 0 radical (unpaired) electrons. The van der Waals surface area contributed by atoms with Crippen molar-refractivity contribution in [1.82, 2.24) is 24.8 Å². The zero-order valence-corrected chi connectivity index (χ0v) is 34.7. The fourth-order valence-corrected chi connectivity index (χ4v) is 9.58. The lowest BCUT2D eigenvalue weighted by atomic mass is 9.94. The summed E-state index contributed by atoms with van der Waals surface area (Å²) >= 11 is 0.640. The van der Waals surface area contributed by atoms with Crippen LogP contribution in [0, 0.1) is 11.6 Å². The highest BCUT2D eigenvalue weighted by Gasteiger charge is 2.50. The number of hydrogen-bond donors (Lipinski definition) is 1. The van der Waals surface area contributed by atoms with Crippen LogP contribution in [-0.2, 0) is 20.4 Å². The Hall–Kier alpha value is -4.69. The number of anilines is 2. The first-order chi connectivity index (χ1) is 28.1. The Morgan fingerprint density at radius 3 is 2.33 bits per heavy atom. The van der Waals surface area contributed by atoms with E-state index in [0.29, 0.717) is 24.3 Å². The van der Waals surface area contributed by atoms with Gasteiger partial charge in [-0.3, -0.25) is 10.2 Å². The molecule has 0 saturated carbocycles. The second-order valence-electron chi connectivity index (χ2n) is 17.8. The van der Waals surface area contributed by atoms with Crippen molar-refractivity contribution in [3.63, 3.8) is 0 Å². The Balaban J connectivity index is 1.28. The van der Waals surface area contributed by atoms with Gasteiger partial charge in [0.25, 0.3) is 0 Å². The van der Waals surface area contributed by atoms with Crippen LogP contribution in [0.1, 0.15) is 66.4 Å². The summed E-state index contributed by atoms with van der Waals surface area (Å²) in [6.45, 7) is 11.1. The normalized spacial score (nSPS) is 23.6. The Morgan fingerprint density at radius 2 is 1.67 bits per heavy atom. The van der Waals surface area contributed by atoms with Crippen molar-refractivity contribution in [1.29, 1.82) is 0 Å². The molecule has 2 aromatic heterocycles. The highest BCUT2D eigenvalue weighted by atomic mass is 32.1. The largest absolute Gasteiger partial charge is 0.461 e. The van der Waals surface area contributed by atoms with Crippen LogP contribution < -0.4 is 15.0 Å². The molecule has 1 N–H and O–H groups in total. The van der Waals surface area contributed by atoms with Gasteiger partial charge in [0.15, 0.2) is 10.9 Å². The average molecular weight is 866 g/mol. The van der Waals surface area contributed by atoms with Crippen LogP contribution in [0.3, 0.4) is 0 Å². The first kappa shape index (κ1) is 42.0. The van der Waals surface area contributed by atoms with E-state index >= 15 is 22.0 Å². The van der Waals surface area contributed by atoms with E-state index in [2.05, 4.69) is 20.3 Å². The van der Waals surface area contributed by atoms with Gasteiger partial charge in [0, 0.05) is 42.6 Å². The molecule has 2 bridgehead atoms. The molecular weight excluding hydrogens is 821 g/mol. The lowest BCUT2D eigenvalue weighted by Crippen LogP contribution is -2.66. The molecule has 4 aliphatic heterocycles. The third-order valence-corrected chi connectivity index (χ3v) is 11.9. The van der Waals surface area contributed by atoms with E-state index in [1.807, 2.05) is 4.90 Å². The smallest absolute Gasteiger partial charge is 0.417 e. The number of nitrogens with one attached hydrogen (secondary N) is 1. The molecule has 2 aromatic carbocycles. The summed E-state index contributed by atoms with van der Waals surface area (Å²) in [5.41, 5.74) is -6.01. The Labute approximate surface area is 345 Å². The van der Waals surface area contributed by atoms with Crippen molar-refractivity contribution < 1.29 is 54.9 Å². The van der Waals surface area contributed by atoms with Gasteiger partial charge in [-0.25, -0.2) is 27.7 Å². The van der Waals surface area contributed by atoms with E-state index in [1.165, 1.54) is 4.90 Å². The molecule has 2 amide bonds. The molecule has 13 nitrogen and oxygen atoms in total. The van der Waals surface area contributed by atoms with Crippen LogP contribution in [0.4, 0.5) is 46.9 Å². The molecule has 6 heterocycles. The van der Waals surface area contributed by atoms with Gasteiger partial charge in [0.05, 0.1) is 46.6 Å². The second-order valence-corrected chi connectivity index (χ2v) is 18.8. The number of rotatable bonds is 6. The Morgan fingerprint density at radius 1 is 0.967 bits per heavy atom. The fourth-order valence-electron chi connectivity index (χ4n) is 8.69. The van der Waals surface area contributed by atoms with E-state index in [-0.39, 0.29) is 78.4 Å². The summed E-state index contributed by atoms with van der Waals surface area (Å²) in [5, 5.41) is 1.89. The van der Waals surface area contributed by atoms with E-state index < -0.39 is 87.2 Å². The molecule has 4 aromatic rings. The summed E-state index contributed by atoms with van der Waals surface area (Å²) in [5.74, 6) is -2.35. The number of carbonyl (C=O) groups excluding carboxylic acids is 2. The van der Waals surface area contributed by atoms with Crippen LogP contribution >= 0.6 is 11.3 Å². The minimum Gasteiger partial charge on any atom is -0.461 e. The molecule has 4 fully saturated rings. The van der Waals surface area contributed by atoms with Crippen molar-refractivity contribution in [3.05, 3.63) is 35.4 Å². The predicted molar refractivity (Wildman–Crippen MR) is 210 cm³/mol. The number of hydrogen-bond acceptors (Lipinski definition) is 12. The van der Waals surface area contributed by atoms with Crippen molar-refractivity contribution in [2.45, 2.75) is 102 Å². The van der Waals surface area contributed by atoms with Gasteiger partial charge in [-0.15, -0.1) is 0 Å². The van der Waals surface area contributed by atoms with Crippen molar-refractivity contribution in [2.75, 3.05) is 56.2 Å². The van der Waals surface area contributed by atoms with Gasteiger partial charge in [0.2, 0.25) is 0 Å². The third-order valence-electron chi connectivity index (χ3n) is 11.0. The van der Waals surface area contributed by atoms with Gasteiger partial charge in [-0.1, -0.05) is 11.3 Å². The molecule has 4 aliphatic rings. The minimum atomic E-state index is -5.17. The van der Waals surface area contributed by atoms with Gasteiger partial charge in [-0.2, -0.15) is 23.1 Å². The summed E-state index contributed by atoms with van der Waals surface area (Å²) in [4.78, 5) is 44.3. The van der Waals surface area contributed by atoms with E-state index in [0.717, 1.165) is 24.6 Å². The maximum absolute atomic E-state index is 17.5. The number of morpholine rings is 1. The molecule has 0 spiro atoms. The number of halogens is 6. The zero-order chi connectivity index (χ0) is 43.1. The molecule has 2 unspecified atom stereocenters. The van der Waals surface area contributed by atoms with Crippen LogP contribution in [0.5, 0.6) is 6.01 Å². The van der Waals surface area contributed by atoms with Crippen LogP contribution in [0.25, 0.3) is 32.2 Å². The summed E-state index contributed by atoms with van der Waals surface area (Å²) < 4.78 is 116. The SMILES string of the molecule is CC(C)(C)OC(=O)Nc1nc2c(-c3c(C(F)(F)F)cc4c(N5C6COCC5CN(C(=O)OC(C)(C)C)C6)nc(OC[C@@]56CCCN5C[C@H](F)C6)nc4c3F)ccc(F)c2s1. The number of aromatic nitrogens is 3. The maximum atomic E-state index is 17.5. The molecule has 324 valence electrons. The number of amides is 2. The van der Waals surface area contributed by atoms with Gasteiger partial charge >= 0.3 is 24.4 Å². The number of carbonyl (C=O) groups is 2. The standard InChI is InChI=1S/C40H45F6N7O6S/c1-37(2,3)58-35(54)50-34-48-30-23(8-9-26(42)31(30)60-34)27-25(40(44,45)46)12-24-29(28(27)43)47-33(57-19-39-10-7-11-52(39)14-20(41)13-39)49-32(24)53-21-15-51(16-22(53)18-56-17-21)36(55)59-38(4,5)6/h8-9,12,20-22H,7,10-11,13-19H2,1-6H3,(H,48,50,54)/t20-,21?,22?,39+/m1/s1. The van der Waals surface area contributed by atoms with Crippen LogP contribution in [0.15, 0.2) is 18.2 Å². The quantitative estimate of drug-likeness (QED) is 0.188. The molecule has 60 heavy (non-hydrogen) atoms. The second kappa shape index (κ2) is 15.0. The summed E-state index contributed by atoms with van der Waals surface area (Å²) in [6.07, 6.45) is -6.12.